The summed E-state index contributed by atoms with van der Waals surface area (Å²) in [5, 5.41) is 10.9. The average molecular weight is 246 g/mol. The molecule has 1 aromatic carbocycles. The molecule has 1 aliphatic rings. The maximum Gasteiger partial charge on any atom is 0.322 e. The van der Waals surface area contributed by atoms with E-state index in [9.17, 15) is 4.79 Å². The summed E-state index contributed by atoms with van der Waals surface area (Å²) in [6, 6.07) is 5.39. The molecule has 0 saturated heterocycles. The molecule has 1 heterocycles. The van der Waals surface area contributed by atoms with Crippen molar-refractivity contribution in [2.24, 2.45) is 0 Å². The fourth-order valence-corrected chi connectivity index (χ4v) is 1.85. The van der Waals surface area contributed by atoms with Gasteiger partial charge in [0.2, 0.25) is 0 Å². The first-order valence-corrected chi connectivity index (χ1v) is 5.78. The Kier molecular flexibility index (Phi) is 3.68. The van der Waals surface area contributed by atoms with Gasteiger partial charge in [-0.15, -0.1) is 0 Å². The zero-order valence-electron chi connectivity index (χ0n) is 10.2. The van der Waals surface area contributed by atoms with E-state index in [0.29, 0.717) is 26.2 Å². The van der Waals surface area contributed by atoms with Gasteiger partial charge >= 0.3 is 5.91 Å². The smallest absolute Gasteiger partial charge is 0.322 e. The van der Waals surface area contributed by atoms with E-state index >= 15 is 0 Å². The first kappa shape index (κ1) is 12.2. The number of carbonyl (C=O) groups excluding carboxylic acids is 1. The van der Waals surface area contributed by atoms with Gasteiger partial charge in [0.25, 0.3) is 0 Å². The molecule has 1 N–H and O–H groups in total. The Morgan fingerprint density at radius 3 is 2.72 bits per heavy atom. The number of carbonyl (C=O) groups is 1. The Balaban J connectivity index is 2.04. The summed E-state index contributed by atoms with van der Waals surface area (Å²) in [6.45, 7) is 3.55. The SMILES string of the molecule is Cc1cc2c(cc1CCNC(=O)C#N)OCCO2. The topological polar surface area (TPSA) is 71.4 Å². The fourth-order valence-electron chi connectivity index (χ4n) is 1.85. The van der Waals surface area contributed by atoms with E-state index in [1.807, 2.05) is 19.1 Å². The molecule has 2 rings (SSSR count). The monoisotopic (exact) mass is 246 g/mol. The molecule has 0 unspecified atom stereocenters. The van der Waals surface area contributed by atoms with Crippen LogP contribution in [-0.2, 0) is 11.2 Å². The summed E-state index contributed by atoms with van der Waals surface area (Å²) in [7, 11) is 0. The standard InChI is InChI=1S/C13H14N2O3/c1-9-6-11-12(18-5-4-17-11)7-10(9)2-3-15-13(16)8-14/h6-7H,2-5H2,1H3,(H,15,16). The van der Waals surface area contributed by atoms with E-state index in [1.165, 1.54) is 6.07 Å². The highest BCUT2D eigenvalue weighted by atomic mass is 16.6. The number of nitriles is 1. The van der Waals surface area contributed by atoms with Crippen molar-refractivity contribution in [2.45, 2.75) is 13.3 Å². The molecule has 0 fully saturated rings. The third kappa shape index (κ3) is 2.72. The van der Waals surface area contributed by atoms with E-state index < -0.39 is 5.91 Å². The molecule has 0 spiro atoms. The third-order valence-corrected chi connectivity index (χ3v) is 2.78. The predicted molar refractivity (Wildman–Crippen MR) is 64.5 cm³/mol. The van der Waals surface area contributed by atoms with Gasteiger partial charge in [-0.2, -0.15) is 5.26 Å². The highest BCUT2D eigenvalue weighted by Crippen LogP contribution is 2.32. The van der Waals surface area contributed by atoms with Gasteiger partial charge in [0, 0.05) is 6.54 Å². The first-order chi connectivity index (χ1) is 8.70. The number of hydrogen-bond acceptors (Lipinski definition) is 4. The van der Waals surface area contributed by atoms with Crippen LogP contribution in [0.5, 0.6) is 11.5 Å². The summed E-state index contributed by atoms with van der Waals surface area (Å²) in [6.07, 6.45) is 0.663. The van der Waals surface area contributed by atoms with Crippen molar-refractivity contribution in [1.29, 1.82) is 5.26 Å². The van der Waals surface area contributed by atoms with Crippen molar-refractivity contribution in [1.82, 2.24) is 5.32 Å². The molecule has 18 heavy (non-hydrogen) atoms. The number of nitrogens with one attached hydrogen (secondary N) is 1. The van der Waals surface area contributed by atoms with Gasteiger partial charge in [0.1, 0.15) is 13.2 Å². The van der Waals surface area contributed by atoms with Crippen molar-refractivity contribution in [3.8, 4) is 17.6 Å². The van der Waals surface area contributed by atoms with Crippen LogP contribution in [0.4, 0.5) is 0 Å². The molecule has 0 aliphatic carbocycles. The third-order valence-electron chi connectivity index (χ3n) is 2.78. The molecule has 5 nitrogen and oxygen atoms in total. The van der Waals surface area contributed by atoms with E-state index in [4.69, 9.17) is 14.7 Å². The van der Waals surface area contributed by atoms with Gasteiger partial charge in [-0.1, -0.05) is 0 Å². The van der Waals surface area contributed by atoms with E-state index in [1.54, 1.807) is 0 Å². The van der Waals surface area contributed by atoms with Gasteiger partial charge in [-0.05, 0) is 36.6 Å². The molecular weight excluding hydrogens is 232 g/mol. The van der Waals surface area contributed by atoms with Crippen LogP contribution in [0.1, 0.15) is 11.1 Å². The number of fused-ring (bicyclic) bond motifs is 1. The molecule has 0 atom stereocenters. The number of benzene rings is 1. The normalized spacial score (nSPS) is 12.7. The number of amides is 1. The second-order valence-corrected chi connectivity index (χ2v) is 4.04. The fraction of sp³-hybridized carbons (Fsp3) is 0.385. The van der Waals surface area contributed by atoms with E-state index in [2.05, 4.69) is 5.32 Å². The number of rotatable bonds is 3. The zero-order chi connectivity index (χ0) is 13.0. The van der Waals surface area contributed by atoms with Crippen LogP contribution >= 0.6 is 0 Å². The largest absolute Gasteiger partial charge is 0.486 e. The number of hydrogen-bond donors (Lipinski definition) is 1. The Morgan fingerprint density at radius 2 is 2.06 bits per heavy atom. The maximum atomic E-state index is 10.8. The minimum absolute atomic E-state index is 0.437. The molecule has 0 bridgehead atoms. The maximum absolute atomic E-state index is 10.8. The second kappa shape index (κ2) is 5.41. The summed E-state index contributed by atoms with van der Waals surface area (Å²) < 4.78 is 11.0. The van der Waals surface area contributed by atoms with Crippen molar-refractivity contribution in [3.63, 3.8) is 0 Å². The predicted octanol–water partition coefficient (Wildman–Crippen LogP) is 0.948. The summed E-state index contributed by atoms with van der Waals surface area (Å²) >= 11 is 0. The molecule has 1 amide bonds. The van der Waals surface area contributed by atoms with Crippen LogP contribution in [0.2, 0.25) is 0 Å². The Bertz CT molecular complexity index is 506. The molecule has 0 aromatic heterocycles. The van der Waals surface area contributed by atoms with Gasteiger partial charge in [0.15, 0.2) is 17.6 Å². The van der Waals surface area contributed by atoms with Gasteiger partial charge in [-0.3, -0.25) is 4.79 Å². The molecule has 1 aromatic rings. The molecular formula is C13H14N2O3. The van der Waals surface area contributed by atoms with E-state index in [0.717, 1.165) is 22.6 Å². The van der Waals surface area contributed by atoms with Crippen molar-refractivity contribution in [3.05, 3.63) is 23.3 Å². The molecule has 94 valence electrons. The van der Waals surface area contributed by atoms with Crippen LogP contribution < -0.4 is 14.8 Å². The lowest BCUT2D eigenvalue weighted by molar-refractivity contribution is -0.115. The summed E-state index contributed by atoms with van der Waals surface area (Å²) in [5.74, 6) is 0.905. The van der Waals surface area contributed by atoms with Crippen molar-refractivity contribution < 1.29 is 14.3 Å². The zero-order valence-corrected chi connectivity index (χ0v) is 10.2. The number of ether oxygens (including phenoxy) is 2. The minimum atomic E-state index is -0.606. The lowest BCUT2D eigenvalue weighted by atomic mass is 10.0. The van der Waals surface area contributed by atoms with Crippen LogP contribution in [0.3, 0.4) is 0 Å². The second-order valence-electron chi connectivity index (χ2n) is 4.04. The Labute approximate surface area is 105 Å². The van der Waals surface area contributed by atoms with Crippen LogP contribution in [0.25, 0.3) is 0 Å². The van der Waals surface area contributed by atoms with Crippen LogP contribution in [0.15, 0.2) is 12.1 Å². The van der Waals surface area contributed by atoms with Crippen molar-refractivity contribution in [2.75, 3.05) is 19.8 Å². The van der Waals surface area contributed by atoms with Gasteiger partial charge in [-0.25, -0.2) is 0 Å². The van der Waals surface area contributed by atoms with E-state index in [-0.39, 0.29) is 0 Å². The highest BCUT2D eigenvalue weighted by Gasteiger charge is 2.14. The number of nitrogens with zero attached hydrogens (tertiary/aromatic N) is 1. The molecule has 5 heteroatoms. The first-order valence-electron chi connectivity index (χ1n) is 5.78. The number of aryl methyl sites for hydroxylation is 1. The van der Waals surface area contributed by atoms with Gasteiger partial charge < -0.3 is 14.8 Å². The Hall–Kier alpha value is -2.22. The summed E-state index contributed by atoms with van der Waals surface area (Å²) in [4.78, 5) is 10.8. The lowest BCUT2D eigenvalue weighted by Crippen LogP contribution is -2.24. The Morgan fingerprint density at radius 1 is 1.39 bits per heavy atom. The summed E-state index contributed by atoms with van der Waals surface area (Å²) in [5.41, 5.74) is 2.17. The average Bonchev–Trinajstić information content (AvgIpc) is 2.39. The highest BCUT2D eigenvalue weighted by molar-refractivity contribution is 5.91. The van der Waals surface area contributed by atoms with Crippen molar-refractivity contribution >= 4 is 5.91 Å². The molecule has 1 aliphatic heterocycles. The molecule has 0 saturated carbocycles. The van der Waals surface area contributed by atoms with Crippen LogP contribution in [-0.4, -0.2) is 25.7 Å². The quantitative estimate of drug-likeness (QED) is 0.806. The van der Waals surface area contributed by atoms with Crippen LogP contribution in [0, 0.1) is 18.3 Å². The molecule has 0 radical (unpaired) electrons. The minimum Gasteiger partial charge on any atom is -0.486 e. The lowest BCUT2D eigenvalue weighted by Gasteiger charge is -2.20. The van der Waals surface area contributed by atoms with Gasteiger partial charge in [0.05, 0.1) is 0 Å².